The molecule has 0 radical (unpaired) electrons. The molecule has 0 saturated carbocycles. The second-order valence-corrected chi connectivity index (χ2v) is 3.95. The minimum absolute atomic E-state index is 0.0430. The first-order valence-electron chi connectivity index (χ1n) is 5.62. The maximum absolute atomic E-state index is 10.6. The van der Waals surface area contributed by atoms with E-state index in [-0.39, 0.29) is 5.69 Å². The van der Waals surface area contributed by atoms with Gasteiger partial charge in [0.05, 0.1) is 4.92 Å². The Morgan fingerprint density at radius 3 is 2.32 bits per heavy atom. The number of hydrogen-bond acceptors (Lipinski definition) is 4. The number of fused-ring (bicyclic) bond motifs is 1. The van der Waals surface area contributed by atoms with Gasteiger partial charge in [-0.3, -0.25) is 10.1 Å². The van der Waals surface area contributed by atoms with E-state index in [0.717, 1.165) is 5.56 Å². The van der Waals surface area contributed by atoms with Crippen molar-refractivity contribution in [2.75, 3.05) is 0 Å². The van der Waals surface area contributed by atoms with Crippen LogP contribution < -0.4 is 9.47 Å². The minimum Gasteiger partial charge on any atom is -0.457 e. The van der Waals surface area contributed by atoms with Gasteiger partial charge in [-0.15, -0.1) is 0 Å². The molecule has 0 N–H and O–H groups in total. The highest BCUT2D eigenvalue weighted by Gasteiger charge is 2.15. The zero-order chi connectivity index (χ0) is 13.2. The molecule has 0 atom stereocenters. The van der Waals surface area contributed by atoms with Crippen LogP contribution in [0.3, 0.4) is 0 Å². The highest BCUT2D eigenvalue weighted by Crippen LogP contribution is 2.34. The average Bonchev–Trinajstić information content (AvgIpc) is 2.47. The first kappa shape index (κ1) is 11.3. The van der Waals surface area contributed by atoms with Crippen LogP contribution >= 0.6 is 0 Å². The number of ether oxygens (including phenoxy) is 2. The first-order valence-corrected chi connectivity index (χ1v) is 5.62. The molecule has 1 heterocycles. The smallest absolute Gasteiger partial charge is 0.269 e. The van der Waals surface area contributed by atoms with E-state index in [0.29, 0.717) is 17.3 Å². The predicted molar refractivity (Wildman–Crippen MR) is 68.8 cm³/mol. The van der Waals surface area contributed by atoms with E-state index in [1.807, 2.05) is 12.1 Å². The van der Waals surface area contributed by atoms with Gasteiger partial charge in [0.25, 0.3) is 5.69 Å². The summed E-state index contributed by atoms with van der Waals surface area (Å²) < 4.78 is 11.1. The van der Waals surface area contributed by atoms with Gasteiger partial charge in [0.15, 0.2) is 17.3 Å². The molecule has 2 aromatic rings. The molecule has 5 heteroatoms. The van der Waals surface area contributed by atoms with Crippen molar-refractivity contribution < 1.29 is 14.4 Å². The number of rotatable bonds is 2. The number of non-ortho nitro benzene ring substituents is 1. The van der Waals surface area contributed by atoms with Crippen molar-refractivity contribution in [3.05, 3.63) is 70.5 Å². The Morgan fingerprint density at radius 2 is 1.63 bits per heavy atom. The van der Waals surface area contributed by atoms with E-state index < -0.39 is 4.92 Å². The third-order valence-corrected chi connectivity index (χ3v) is 2.72. The predicted octanol–water partition coefficient (Wildman–Crippen LogP) is 3.36. The fourth-order valence-electron chi connectivity index (χ4n) is 1.77. The van der Waals surface area contributed by atoms with Gasteiger partial charge in [0, 0.05) is 17.7 Å². The third kappa shape index (κ3) is 2.13. The average molecular weight is 255 g/mol. The van der Waals surface area contributed by atoms with E-state index in [9.17, 15) is 10.1 Å². The summed E-state index contributed by atoms with van der Waals surface area (Å²) in [6.45, 7) is 0. The van der Waals surface area contributed by atoms with Crippen LogP contribution in [0.25, 0.3) is 5.76 Å². The third-order valence-electron chi connectivity index (χ3n) is 2.72. The van der Waals surface area contributed by atoms with E-state index >= 15 is 0 Å². The van der Waals surface area contributed by atoms with Gasteiger partial charge in [-0.25, -0.2) is 0 Å². The molecule has 1 aliphatic heterocycles. The number of nitrogens with zero attached hydrogens (tertiary/aromatic N) is 1. The Hall–Kier alpha value is -2.82. The highest BCUT2D eigenvalue weighted by molar-refractivity contribution is 5.65. The molecule has 0 amide bonds. The maximum atomic E-state index is 10.6. The van der Waals surface area contributed by atoms with Crippen LogP contribution in [0.4, 0.5) is 5.69 Å². The second kappa shape index (κ2) is 4.45. The van der Waals surface area contributed by atoms with Crippen molar-refractivity contribution in [2.45, 2.75) is 0 Å². The summed E-state index contributed by atoms with van der Waals surface area (Å²) >= 11 is 0. The van der Waals surface area contributed by atoms with Crippen molar-refractivity contribution >= 4 is 11.4 Å². The summed E-state index contributed by atoms with van der Waals surface area (Å²) in [7, 11) is 0. The van der Waals surface area contributed by atoms with Crippen molar-refractivity contribution in [2.24, 2.45) is 0 Å². The molecule has 19 heavy (non-hydrogen) atoms. The molecule has 0 fully saturated rings. The van der Waals surface area contributed by atoms with Gasteiger partial charge in [-0.1, -0.05) is 12.1 Å². The Balaban J connectivity index is 1.88. The maximum Gasteiger partial charge on any atom is 0.269 e. The molecular weight excluding hydrogens is 246 g/mol. The van der Waals surface area contributed by atoms with Crippen LogP contribution in [0, 0.1) is 10.1 Å². The number of para-hydroxylation sites is 2. The van der Waals surface area contributed by atoms with Crippen LogP contribution in [0.2, 0.25) is 0 Å². The quantitative estimate of drug-likeness (QED) is 0.609. The lowest BCUT2D eigenvalue weighted by Gasteiger charge is -2.17. The van der Waals surface area contributed by atoms with Crippen LogP contribution in [0.15, 0.2) is 54.8 Å². The van der Waals surface area contributed by atoms with Crippen molar-refractivity contribution in [3.63, 3.8) is 0 Å². The highest BCUT2D eigenvalue weighted by atomic mass is 16.6. The molecule has 0 spiro atoms. The standard InChI is InChI=1S/C14H9NO4/c16-15(17)11-7-5-10(6-8-11)14-9-18-12-3-1-2-4-13(12)19-14/h1-9H. The normalized spacial score (nSPS) is 12.7. The molecular formula is C14H9NO4. The second-order valence-electron chi connectivity index (χ2n) is 3.95. The molecule has 5 nitrogen and oxygen atoms in total. The van der Waals surface area contributed by atoms with Gasteiger partial charge in [-0.05, 0) is 24.3 Å². The molecule has 0 aliphatic carbocycles. The SMILES string of the molecule is O=[N+]([O-])c1ccc(C2=COc3ccccc3O2)cc1. The Morgan fingerprint density at radius 1 is 0.947 bits per heavy atom. The summed E-state index contributed by atoms with van der Waals surface area (Å²) in [6, 6.07) is 13.4. The van der Waals surface area contributed by atoms with E-state index in [2.05, 4.69) is 0 Å². The summed E-state index contributed by atoms with van der Waals surface area (Å²) in [4.78, 5) is 10.1. The molecule has 0 unspecified atom stereocenters. The summed E-state index contributed by atoms with van der Waals surface area (Å²) in [6.07, 6.45) is 1.49. The summed E-state index contributed by atoms with van der Waals surface area (Å²) in [5, 5.41) is 10.6. The van der Waals surface area contributed by atoms with Crippen LogP contribution in [0.1, 0.15) is 5.56 Å². The Labute approximate surface area is 108 Å². The minimum atomic E-state index is -0.439. The largest absolute Gasteiger partial charge is 0.457 e. The number of hydrogen-bond donors (Lipinski definition) is 0. The van der Waals surface area contributed by atoms with Crippen molar-refractivity contribution in [3.8, 4) is 11.5 Å². The molecule has 2 aromatic carbocycles. The topological polar surface area (TPSA) is 61.6 Å². The van der Waals surface area contributed by atoms with E-state index in [1.165, 1.54) is 18.4 Å². The summed E-state index contributed by atoms with van der Waals surface area (Å²) in [5.41, 5.74) is 0.765. The summed E-state index contributed by atoms with van der Waals surface area (Å²) in [5.74, 6) is 1.79. The first-order chi connectivity index (χ1) is 9.24. The van der Waals surface area contributed by atoms with Gasteiger partial charge >= 0.3 is 0 Å². The Bertz CT molecular complexity index is 661. The molecule has 0 bridgehead atoms. The van der Waals surface area contributed by atoms with Crippen molar-refractivity contribution in [1.82, 2.24) is 0 Å². The lowest BCUT2D eigenvalue weighted by molar-refractivity contribution is -0.384. The zero-order valence-electron chi connectivity index (χ0n) is 9.78. The van der Waals surface area contributed by atoms with Crippen LogP contribution in [-0.4, -0.2) is 4.92 Å². The molecule has 0 aromatic heterocycles. The van der Waals surface area contributed by atoms with Crippen LogP contribution in [0.5, 0.6) is 11.5 Å². The molecule has 94 valence electrons. The lowest BCUT2D eigenvalue weighted by Crippen LogP contribution is -2.04. The zero-order valence-corrected chi connectivity index (χ0v) is 9.78. The lowest BCUT2D eigenvalue weighted by atomic mass is 10.1. The van der Waals surface area contributed by atoms with E-state index in [4.69, 9.17) is 9.47 Å². The van der Waals surface area contributed by atoms with Gasteiger partial charge in [0.2, 0.25) is 0 Å². The monoisotopic (exact) mass is 255 g/mol. The Kier molecular flexibility index (Phi) is 2.64. The van der Waals surface area contributed by atoms with Gasteiger partial charge < -0.3 is 9.47 Å². The fraction of sp³-hybridized carbons (Fsp3) is 0. The van der Waals surface area contributed by atoms with Crippen molar-refractivity contribution in [1.29, 1.82) is 0 Å². The molecule has 3 rings (SSSR count). The van der Waals surface area contributed by atoms with Crippen LogP contribution in [-0.2, 0) is 0 Å². The van der Waals surface area contributed by atoms with E-state index in [1.54, 1.807) is 24.3 Å². The number of nitro benzene ring substituents is 1. The molecule has 1 aliphatic rings. The molecule has 0 saturated heterocycles. The number of benzene rings is 2. The fourth-order valence-corrected chi connectivity index (χ4v) is 1.77. The number of nitro groups is 1. The van der Waals surface area contributed by atoms with Gasteiger partial charge in [0.1, 0.15) is 6.26 Å². The van der Waals surface area contributed by atoms with Gasteiger partial charge in [-0.2, -0.15) is 0 Å².